The van der Waals surface area contributed by atoms with Crippen molar-refractivity contribution in [2.24, 2.45) is 0 Å². The third-order valence-corrected chi connectivity index (χ3v) is 2.95. The van der Waals surface area contributed by atoms with Crippen molar-refractivity contribution in [3.05, 3.63) is 0 Å². The molecule has 0 aliphatic heterocycles. The van der Waals surface area contributed by atoms with Crippen molar-refractivity contribution < 1.29 is 8.85 Å². The molecule has 3 heteroatoms. The zero-order chi connectivity index (χ0) is 9.12. The smallest absolute Gasteiger partial charge is 0.305 e. The van der Waals surface area contributed by atoms with E-state index >= 15 is 0 Å². The van der Waals surface area contributed by atoms with Gasteiger partial charge in [0.1, 0.15) is 0 Å². The highest BCUT2D eigenvalue weighted by Crippen LogP contribution is 2.09. The van der Waals surface area contributed by atoms with Crippen LogP contribution in [0.25, 0.3) is 0 Å². The maximum Gasteiger partial charge on any atom is 0.305 e. The quantitative estimate of drug-likeness (QED) is 0.595. The van der Waals surface area contributed by atoms with Gasteiger partial charge >= 0.3 is 10.0 Å². The van der Waals surface area contributed by atoms with E-state index in [-0.39, 0.29) is 11.2 Å². The predicted molar refractivity (Wildman–Crippen MR) is 50.2 cm³/mol. The highest BCUT2D eigenvalue weighted by atomic mass is 28.3. The molecule has 0 radical (unpaired) electrons. The Bertz CT molecular complexity index is 96.2. The van der Waals surface area contributed by atoms with Gasteiger partial charge in [0.2, 0.25) is 0 Å². The lowest BCUT2D eigenvalue weighted by Crippen LogP contribution is -2.29. The molecule has 0 atom stereocenters. The molecule has 0 fully saturated rings. The average Bonchev–Trinajstić information content (AvgIpc) is 1.55. The molecule has 0 aromatic carbocycles. The molecule has 0 saturated carbocycles. The van der Waals surface area contributed by atoms with Gasteiger partial charge in [-0.15, -0.1) is 0 Å². The largest absolute Gasteiger partial charge is 0.394 e. The first-order chi connectivity index (χ1) is 4.71. The second kappa shape index (κ2) is 3.69. The topological polar surface area (TPSA) is 18.5 Å². The molecule has 0 unspecified atom stereocenters. The molecule has 11 heavy (non-hydrogen) atoms. The van der Waals surface area contributed by atoms with Crippen LogP contribution in [0.2, 0.25) is 0 Å². The van der Waals surface area contributed by atoms with E-state index in [0.29, 0.717) is 0 Å². The number of hydrogen-bond donors (Lipinski definition) is 0. The minimum absolute atomic E-state index is 0.0442. The third-order valence-electron chi connectivity index (χ3n) is 0.984. The summed E-state index contributed by atoms with van der Waals surface area (Å²) in [7, 11) is -0.797. The van der Waals surface area contributed by atoms with Gasteiger partial charge in [0, 0.05) is 11.2 Å². The molecule has 0 N–H and O–H groups in total. The summed E-state index contributed by atoms with van der Waals surface area (Å²) in [5, 5.41) is 0. The number of hydrogen-bond acceptors (Lipinski definition) is 2. The van der Waals surface area contributed by atoms with Gasteiger partial charge in [-0.3, -0.25) is 0 Å². The van der Waals surface area contributed by atoms with Gasteiger partial charge in [-0.2, -0.15) is 0 Å². The standard InChI is InChI=1S/C8H20O2Si/c1-7(2,3)9-11-10-8(4,5)6/h11H2,1-6H3. The molecule has 0 aromatic heterocycles. The van der Waals surface area contributed by atoms with Crippen LogP contribution in [0.3, 0.4) is 0 Å². The highest BCUT2D eigenvalue weighted by molar-refractivity contribution is 6.18. The fraction of sp³-hybridized carbons (Fsp3) is 1.00. The summed E-state index contributed by atoms with van der Waals surface area (Å²) in [6.07, 6.45) is 0. The van der Waals surface area contributed by atoms with E-state index in [4.69, 9.17) is 8.85 Å². The molecule has 2 nitrogen and oxygen atoms in total. The van der Waals surface area contributed by atoms with E-state index in [1.54, 1.807) is 0 Å². The Balaban J connectivity index is 3.44. The van der Waals surface area contributed by atoms with E-state index in [9.17, 15) is 0 Å². The lowest BCUT2D eigenvalue weighted by atomic mass is 10.2. The van der Waals surface area contributed by atoms with Crippen molar-refractivity contribution >= 4 is 10.0 Å². The van der Waals surface area contributed by atoms with Crippen LogP contribution in [0.5, 0.6) is 0 Å². The molecule has 0 bridgehead atoms. The highest BCUT2D eigenvalue weighted by Gasteiger charge is 2.14. The summed E-state index contributed by atoms with van der Waals surface area (Å²) in [5.74, 6) is 0. The van der Waals surface area contributed by atoms with Crippen molar-refractivity contribution in [3.8, 4) is 0 Å². The van der Waals surface area contributed by atoms with Gasteiger partial charge in [0.05, 0.1) is 0 Å². The fourth-order valence-corrected chi connectivity index (χ4v) is 1.15. The Kier molecular flexibility index (Phi) is 3.74. The van der Waals surface area contributed by atoms with Crippen LogP contribution in [-0.4, -0.2) is 21.2 Å². The van der Waals surface area contributed by atoms with Crippen molar-refractivity contribution in [2.45, 2.75) is 52.7 Å². The first-order valence-corrected chi connectivity index (χ1v) is 5.14. The van der Waals surface area contributed by atoms with Gasteiger partial charge in [0.15, 0.2) is 0 Å². The van der Waals surface area contributed by atoms with Crippen molar-refractivity contribution in [2.75, 3.05) is 0 Å². The second-order valence-electron chi connectivity index (χ2n) is 4.63. The van der Waals surface area contributed by atoms with Crippen molar-refractivity contribution in [3.63, 3.8) is 0 Å². The molecular weight excluding hydrogens is 156 g/mol. The molecule has 0 aromatic rings. The second-order valence-corrected chi connectivity index (χ2v) is 5.44. The van der Waals surface area contributed by atoms with Crippen LogP contribution in [-0.2, 0) is 8.85 Å². The van der Waals surface area contributed by atoms with E-state index in [0.717, 1.165) is 0 Å². The van der Waals surface area contributed by atoms with Crippen LogP contribution in [0.1, 0.15) is 41.5 Å². The van der Waals surface area contributed by atoms with Crippen molar-refractivity contribution in [1.29, 1.82) is 0 Å². The van der Waals surface area contributed by atoms with Gasteiger partial charge < -0.3 is 8.85 Å². The molecule has 0 amide bonds. The maximum atomic E-state index is 5.52. The Morgan fingerprint density at radius 3 is 1.18 bits per heavy atom. The maximum absolute atomic E-state index is 5.52. The Morgan fingerprint density at radius 1 is 0.727 bits per heavy atom. The molecule has 0 rings (SSSR count). The zero-order valence-electron chi connectivity index (χ0n) is 8.52. The molecule has 0 aliphatic carbocycles. The lowest BCUT2D eigenvalue weighted by Gasteiger charge is -2.24. The normalized spacial score (nSPS) is 13.6. The monoisotopic (exact) mass is 176 g/mol. The van der Waals surface area contributed by atoms with Crippen LogP contribution >= 0.6 is 0 Å². The summed E-state index contributed by atoms with van der Waals surface area (Å²) in [6, 6.07) is 0. The molecule has 0 saturated heterocycles. The number of rotatable bonds is 2. The molecule has 68 valence electrons. The first-order valence-electron chi connectivity index (χ1n) is 3.99. The molecule has 0 spiro atoms. The van der Waals surface area contributed by atoms with E-state index in [2.05, 4.69) is 0 Å². The Morgan fingerprint density at radius 2 is 1.00 bits per heavy atom. The third kappa shape index (κ3) is 10.1. The van der Waals surface area contributed by atoms with Crippen LogP contribution in [0.15, 0.2) is 0 Å². The summed E-state index contributed by atoms with van der Waals surface area (Å²) in [6.45, 7) is 12.3. The predicted octanol–water partition coefficient (Wildman–Crippen LogP) is 1.62. The minimum Gasteiger partial charge on any atom is -0.394 e. The van der Waals surface area contributed by atoms with Gasteiger partial charge in [-0.05, 0) is 41.5 Å². The van der Waals surface area contributed by atoms with Gasteiger partial charge in [0.25, 0.3) is 0 Å². The lowest BCUT2D eigenvalue weighted by molar-refractivity contribution is 0.0511. The Labute approximate surface area is 72.3 Å². The molecular formula is C8H20O2Si. The first kappa shape index (κ1) is 11.1. The average molecular weight is 176 g/mol. The summed E-state index contributed by atoms with van der Waals surface area (Å²) < 4.78 is 11.0. The SMILES string of the molecule is CC(C)(C)O[SiH2]OC(C)(C)C. The van der Waals surface area contributed by atoms with E-state index in [1.165, 1.54) is 0 Å². The van der Waals surface area contributed by atoms with Crippen LogP contribution < -0.4 is 0 Å². The van der Waals surface area contributed by atoms with Crippen LogP contribution in [0, 0.1) is 0 Å². The van der Waals surface area contributed by atoms with E-state index in [1.807, 2.05) is 41.5 Å². The summed E-state index contributed by atoms with van der Waals surface area (Å²) >= 11 is 0. The van der Waals surface area contributed by atoms with Gasteiger partial charge in [-0.1, -0.05) is 0 Å². The zero-order valence-corrected chi connectivity index (χ0v) is 9.94. The van der Waals surface area contributed by atoms with Gasteiger partial charge in [-0.25, -0.2) is 0 Å². The summed E-state index contributed by atoms with van der Waals surface area (Å²) in [5.41, 5.74) is -0.0883. The van der Waals surface area contributed by atoms with E-state index < -0.39 is 10.0 Å². The molecule has 0 heterocycles. The molecule has 0 aliphatic rings. The minimum atomic E-state index is -0.797. The Hall–Kier alpha value is 0.137. The fourth-order valence-electron chi connectivity index (χ4n) is 0.383. The van der Waals surface area contributed by atoms with Crippen LogP contribution in [0.4, 0.5) is 0 Å². The summed E-state index contributed by atoms with van der Waals surface area (Å²) in [4.78, 5) is 0. The van der Waals surface area contributed by atoms with Crippen molar-refractivity contribution in [1.82, 2.24) is 0 Å².